The van der Waals surface area contributed by atoms with Gasteiger partial charge in [0.25, 0.3) is 5.69 Å². The molecule has 0 aromatic heterocycles. The van der Waals surface area contributed by atoms with E-state index in [1.165, 1.54) is 12.1 Å². The predicted octanol–water partition coefficient (Wildman–Crippen LogP) is 1.87. The van der Waals surface area contributed by atoms with Crippen molar-refractivity contribution in [3.05, 3.63) is 32.8 Å². The highest BCUT2D eigenvalue weighted by molar-refractivity contribution is 9.10. The van der Waals surface area contributed by atoms with Crippen molar-refractivity contribution >= 4 is 27.5 Å². The van der Waals surface area contributed by atoms with Crippen molar-refractivity contribution < 1.29 is 14.9 Å². The van der Waals surface area contributed by atoms with E-state index in [-0.39, 0.29) is 24.6 Å². The first kappa shape index (κ1) is 13.2. The van der Waals surface area contributed by atoms with Crippen LogP contribution in [-0.2, 0) is 0 Å². The molecule has 0 saturated carbocycles. The van der Waals surface area contributed by atoms with Gasteiger partial charge in [-0.3, -0.25) is 10.1 Å². The summed E-state index contributed by atoms with van der Waals surface area (Å²) in [6.45, 7) is 0.170. The van der Waals surface area contributed by atoms with Crippen molar-refractivity contribution in [1.82, 2.24) is 0 Å². The monoisotopic (exact) mass is 303 g/mol. The van der Waals surface area contributed by atoms with Gasteiger partial charge < -0.3 is 15.7 Å². The lowest BCUT2D eigenvalue weighted by atomic mass is 10.3. The molecular weight excluding hydrogens is 294 g/mol. The Balaban J connectivity index is 2.68. The van der Waals surface area contributed by atoms with Crippen LogP contribution in [0.3, 0.4) is 0 Å². The minimum Gasteiger partial charge on any atom is -0.493 e. The second-order valence-electron chi connectivity index (χ2n) is 3.09. The van der Waals surface area contributed by atoms with Crippen LogP contribution in [0.4, 0.5) is 5.69 Å². The lowest BCUT2D eigenvalue weighted by Crippen LogP contribution is -2.15. The Morgan fingerprint density at radius 1 is 1.59 bits per heavy atom. The Kier molecular flexibility index (Phi) is 4.70. The number of non-ortho nitro benzene ring substituents is 1. The van der Waals surface area contributed by atoms with E-state index in [0.29, 0.717) is 10.2 Å². The predicted molar refractivity (Wildman–Crippen MR) is 64.3 cm³/mol. The number of nitrogens with zero attached hydrogens (tertiary/aromatic N) is 2. The molecule has 92 valence electrons. The molecule has 0 aliphatic rings. The Morgan fingerprint density at radius 2 is 2.29 bits per heavy atom. The summed E-state index contributed by atoms with van der Waals surface area (Å²) in [5.41, 5.74) is 5.18. The number of hydrogen-bond donors (Lipinski definition) is 2. The van der Waals surface area contributed by atoms with Crippen molar-refractivity contribution in [3.8, 4) is 5.75 Å². The molecule has 0 spiro atoms. The van der Waals surface area contributed by atoms with Crippen molar-refractivity contribution in [2.24, 2.45) is 10.9 Å². The van der Waals surface area contributed by atoms with E-state index in [1.54, 1.807) is 6.07 Å². The summed E-state index contributed by atoms with van der Waals surface area (Å²) in [4.78, 5) is 10.1. The Morgan fingerprint density at radius 3 is 2.88 bits per heavy atom. The van der Waals surface area contributed by atoms with E-state index >= 15 is 0 Å². The van der Waals surface area contributed by atoms with Crippen molar-refractivity contribution in [3.63, 3.8) is 0 Å². The number of hydrogen-bond acceptors (Lipinski definition) is 5. The Bertz CT molecular complexity index is 450. The van der Waals surface area contributed by atoms with Crippen LogP contribution in [0.2, 0.25) is 0 Å². The van der Waals surface area contributed by atoms with Gasteiger partial charge in [-0.15, -0.1) is 0 Å². The van der Waals surface area contributed by atoms with Crippen LogP contribution in [0.5, 0.6) is 5.75 Å². The molecular formula is C9H10BrN3O4. The fraction of sp³-hybridized carbons (Fsp3) is 0.222. The lowest BCUT2D eigenvalue weighted by molar-refractivity contribution is -0.385. The van der Waals surface area contributed by atoms with Crippen molar-refractivity contribution in [2.45, 2.75) is 6.42 Å². The molecule has 1 rings (SSSR count). The van der Waals surface area contributed by atoms with Gasteiger partial charge in [0.05, 0.1) is 17.6 Å². The number of nitrogens with two attached hydrogens (primary N) is 1. The van der Waals surface area contributed by atoms with Crippen LogP contribution in [0, 0.1) is 10.1 Å². The Labute approximate surface area is 105 Å². The molecule has 0 radical (unpaired) electrons. The minimum atomic E-state index is -0.513. The van der Waals surface area contributed by atoms with Crippen LogP contribution < -0.4 is 10.5 Å². The largest absolute Gasteiger partial charge is 0.493 e. The third-order valence-corrected chi connectivity index (χ3v) is 2.28. The van der Waals surface area contributed by atoms with Crippen LogP contribution in [0.15, 0.2) is 27.8 Å². The number of ether oxygens (including phenoxy) is 1. The molecule has 0 aliphatic carbocycles. The summed E-state index contributed by atoms with van der Waals surface area (Å²) in [5.74, 6) is 0.381. The van der Waals surface area contributed by atoms with E-state index in [0.717, 1.165) is 0 Å². The molecule has 1 aromatic carbocycles. The molecule has 17 heavy (non-hydrogen) atoms. The van der Waals surface area contributed by atoms with Crippen LogP contribution >= 0.6 is 15.9 Å². The number of oxime groups is 1. The van der Waals surface area contributed by atoms with Crippen LogP contribution in [0.25, 0.3) is 0 Å². The molecule has 7 nitrogen and oxygen atoms in total. The normalized spacial score (nSPS) is 11.2. The maximum absolute atomic E-state index is 10.6. The molecule has 0 unspecified atom stereocenters. The lowest BCUT2D eigenvalue weighted by Gasteiger charge is -2.05. The van der Waals surface area contributed by atoms with Gasteiger partial charge in [-0.1, -0.05) is 21.1 Å². The van der Waals surface area contributed by atoms with Crippen molar-refractivity contribution in [2.75, 3.05) is 6.61 Å². The molecule has 0 atom stereocenters. The van der Waals surface area contributed by atoms with E-state index in [9.17, 15) is 10.1 Å². The summed E-state index contributed by atoms with van der Waals surface area (Å²) in [6, 6.07) is 4.27. The molecule has 0 bridgehead atoms. The molecule has 0 fully saturated rings. The fourth-order valence-electron chi connectivity index (χ4n) is 1.06. The summed E-state index contributed by atoms with van der Waals surface area (Å²) in [6.07, 6.45) is 0.233. The van der Waals surface area contributed by atoms with E-state index in [2.05, 4.69) is 21.1 Å². The third kappa shape index (κ3) is 4.27. The highest BCUT2D eigenvalue weighted by Crippen LogP contribution is 2.26. The van der Waals surface area contributed by atoms with Gasteiger partial charge in [0.1, 0.15) is 11.6 Å². The van der Waals surface area contributed by atoms with Crippen LogP contribution in [-0.4, -0.2) is 22.6 Å². The standard InChI is InChI=1S/C9H10BrN3O4/c10-6-3-7(13(15)16)5-8(4-6)17-2-1-9(11)12-14/h3-5,14H,1-2H2,(H2,11,12). The minimum absolute atomic E-state index is 0.0366. The zero-order chi connectivity index (χ0) is 12.8. The molecule has 1 aromatic rings. The maximum atomic E-state index is 10.6. The summed E-state index contributed by atoms with van der Waals surface area (Å²) in [7, 11) is 0. The maximum Gasteiger partial charge on any atom is 0.274 e. The Hall–Kier alpha value is -1.83. The first-order chi connectivity index (χ1) is 8.02. The molecule has 0 heterocycles. The first-order valence-electron chi connectivity index (χ1n) is 4.57. The van der Waals surface area contributed by atoms with Gasteiger partial charge in [0, 0.05) is 17.0 Å². The van der Waals surface area contributed by atoms with Gasteiger partial charge in [-0.2, -0.15) is 0 Å². The summed E-state index contributed by atoms with van der Waals surface area (Å²) >= 11 is 3.14. The summed E-state index contributed by atoms with van der Waals surface area (Å²) < 4.78 is 5.79. The van der Waals surface area contributed by atoms with Gasteiger partial charge in [-0.25, -0.2) is 0 Å². The van der Waals surface area contributed by atoms with Gasteiger partial charge in [0.2, 0.25) is 0 Å². The molecule has 8 heteroatoms. The third-order valence-electron chi connectivity index (χ3n) is 1.82. The smallest absolute Gasteiger partial charge is 0.274 e. The second-order valence-corrected chi connectivity index (χ2v) is 4.01. The molecule has 0 saturated heterocycles. The highest BCUT2D eigenvalue weighted by Gasteiger charge is 2.09. The number of nitro groups is 1. The average molecular weight is 304 g/mol. The molecule has 3 N–H and O–H groups in total. The number of rotatable bonds is 5. The van der Waals surface area contributed by atoms with Crippen molar-refractivity contribution in [1.29, 1.82) is 0 Å². The fourth-order valence-corrected chi connectivity index (χ4v) is 1.52. The molecule has 0 amide bonds. The topological polar surface area (TPSA) is 111 Å². The zero-order valence-electron chi connectivity index (χ0n) is 8.67. The second kappa shape index (κ2) is 6.04. The highest BCUT2D eigenvalue weighted by atomic mass is 79.9. The zero-order valence-corrected chi connectivity index (χ0v) is 10.3. The quantitative estimate of drug-likeness (QED) is 0.283. The van der Waals surface area contributed by atoms with E-state index < -0.39 is 4.92 Å². The molecule has 0 aliphatic heterocycles. The number of benzene rings is 1. The number of halogens is 1. The van der Waals surface area contributed by atoms with Crippen LogP contribution in [0.1, 0.15) is 6.42 Å². The van der Waals surface area contributed by atoms with E-state index in [1.807, 2.05) is 0 Å². The average Bonchev–Trinajstić information content (AvgIpc) is 2.28. The van der Waals surface area contributed by atoms with Gasteiger partial charge in [-0.05, 0) is 6.07 Å². The van der Waals surface area contributed by atoms with Gasteiger partial charge >= 0.3 is 0 Å². The van der Waals surface area contributed by atoms with Gasteiger partial charge in [0.15, 0.2) is 0 Å². The first-order valence-corrected chi connectivity index (χ1v) is 5.36. The van der Waals surface area contributed by atoms with E-state index in [4.69, 9.17) is 15.7 Å². The number of amidine groups is 1. The SMILES string of the molecule is N/C(CCOc1cc(Br)cc([N+](=O)[O-])c1)=N/O. The summed E-state index contributed by atoms with van der Waals surface area (Å²) in [5, 5.41) is 21.7. The number of nitro benzene ring substituents is 1.